The fourth-order valence-electron chi connectivity index (χ4n) is 3.75. The summed E-state index contributed by atoms with van der Waals surface area (Å²) in [5.74, 6) is 1.22. The van der Waals surface area contributed by atoms with Gasteiger partial charge in [0.25, 0.3) is 0 Å². The predicted octanol–water partition coefficient (Wildman–Crippen LogP) is 4.55. The van der Waals surface area contributed by atoms with E-state index in [0.29, 0.717) is 18.8 Å². The van der Waals surface area contributed by atoms with Crippen LogP contribution in [0.2, 0.25) is 0 Å². The third kappa shape index (κ3) is 6.14. The number of para-hydroxylation sites is 1. The fraction of sp³-hybridized carbons (Fsp3) is 0.259. The molecule has 1 aliphatic heterocycles. The van der Waals surface area contributed by atoms with Crippen LogP contribution in [-0.2, 0) is 22.7 Å². The summed E-state index contributed by atoms with van der Waals surface area (Å²) in [6.07, 6.45) is 1.02. The lowest BCUT2D eigenvalue weighted by molar-refractivity contribution is -0.145. The normalized spacial score (nSPS) is 18.7. The standard InChI is InChI=1S/C27H29NO5/c1-31-24-13-11-21(12-14-24)22-15-25(27(30)28-23-5-3-2-4-6-23)33-26(16-22)32-18-20-9-7-19(17-29)8-10-20/h2-15,22,26-30H,16-18H2,1H3/t22-,26+,27?/m0/s1. The number of hydrogen-bond acceptors (Lipinski definition) is 6. The summed E-state index contributed by atoms with van der Waals surface area (Å²) in [7, 11) is 1.64. The molecule has 6 heteroatoms. The highest BCUT2D eigenvalue weighted by Gasteiger charge is 2.29. The summed E-state index contributed by atoms with van der Waals surface area (Å²) in [5.41, 5.74) is 3.72. The van der Waals surface area contributed by atoms with Gasteiger partial charge in [-0.05, 0) is 47.0 Å². The number of hydrogen-bond donors (Lipinski definition) is 3. The summed E-state index contributed by atoms with van der Waals surface area (Å²) in [6.45, 7) is 0.373. The molecule has 3 aromatic carbocycles. The second-order valence-electron chi connectivity index (χ2n) is 7.93. The summed E-state index contributed by atoms with van der Waals surface area (Å²) >= 11 is 0. The Morgan fingerprint density at radius 1 is 0.970 bits per heavy atom. The Balaban J connectivity index is 1.50. The van der Waals surface area contributed by atoms with Gasteiger partial charge in [0.1, 0.15) is 11.5 Å². The van der Waals surface area contributed by atoms with Crippen molar-refractivity contribution in [1.82, 2.24) is 0 Å². The zero-order valence-corrected chi connectivity index (χ0v) is 18.6. The number of benzene rings is 3. The van der Waals surface area contributed by atoms with Gasteiger partial charge < -0.3 is 29.7 Å². The maximum absolute atomic E-state index is 10.8. The summed E-state index contributed by atoms with van der Waals surface area (Å²) in [5, 5.41) is 23.1. The molecular formula is C27H29NO5. The molecule has 0 spiro atoms. The molecule has 6 nitrogen and oxygen atoms in total. The number of aliphatic hydroxyl groups excluding tert-OH is 2. The SMILES string of the molecule is COc1ccc([C@H]2C=C(C(O)Nc3ccccc3)O[C@@H](OCc3ccc(CO)cc3)C2)cc1. The third-order valence-electron chi connectivity index (χ3n) is 5.61. The molecule has 172 valence electrons. The van der Waals surface area contributed by atoms with E-state index in [9.17, 15) is 10.2 Å². The lowest BCUT2D eigenvalue weighted by atomic mass is 9.92. The average Bonchev–Trinajstić information content (AvgIpc) is 2.88. The van der Waals surface area contributed by atoms with Gasteiger partial charge in [-0.25, -0.2) is 0 Å². The Morgan fingerprint density at radius 3 is 2.33 bits per heavy atom. The lowest BCUT2D eigenvalue weighted by Gasteiger charge is -2.32. The molecule has 3 atom stereocenters. The highest BCUT2D eigenvalue weighted by atomic mass is 16.7. The summed E-state index contributed by atoms with van der Waals surface area (Å²) < 4.78 is 17.4. The first-order chi connectivity index (χ1) is 16.1. The van der Waals surface area contributed by atoms with E-state index in [4.69, 9.17) is 14.2 Å². The highest BCUT2D eigenvalue weighted by Crippen LogP contribution is 2.34. The van der Waals surface area contributed by atoms with E-state index >= 15 is 0 Å². The van der Waals surface area contributed by atoms with Crippen molar-refractivity contribution < 1.29 is 24.4 Å². The highest BCUT2D eigenvalue weighted by molar-refractivity contribution is 5.44. The number of allylic oxidation sites excluding steroid dienone is 1. The van der Waals surface area contributed by atoms with Gasteiger partial charge in [0.05, 0.1) is 20.3 Å². The van der Waals surface area contributed by atoms with Crippen LogP contribution in [0.15, 0.2) is 90.7 Å². The summed E-state index contributed by atoms with van der Waals surface area (Å²) in [6, 6.07) is 25.0. The van der Waals surface area contributed by atoms with Crippen LogP contribution >= 0.6 is 0 Å². The number of nitrogens with one attached hydrogen (secondary N) is 1. The van der Waals surface area contributed by atoms with Crippen molar-refractivity contribution in [2.24, 2.45) is 0 Å². The van der Waals surface area contributed by atoms with Crippen LogP contribution in [0.25, 0.3) is 0 Å². The van der Waals surface area contributed by atoms with Crippen LogP contribution in [0.5, 0.6) is 5.75 Å². The van der Waals surface area contributed by atoms with Crippen molar-refractivity contribution in [1.29, 1.82) is 0 Å². The minimum Gasteiger partial charge on any atom is -0.497 e. The first-order valence-corrected chi connectivity index (χ1v) is 11.0. The number of aliphatic hydroxyl groups is 2. The molecule has 3 aromatic rings. The molecule has 0 amide bonds. The lowest BCUT2D eigenvalue weighted by Crippen LogP contribution is -2.32. The largest absolute Gasteiger partial charge is 0.497 e. The molecule has 0 saturated heterocycles. The van der Waals surface area contributed by atoms with E-state index in [0.717, 1.165) is 28.1 Å². The van der Waals surface area contributed by atoms with Crippen LogP contribution in [0.4, 0.5) is 5.69 Å². The van der Waals surface area contributed by atoms with E-state index in [1.807, 2.05) is 84.9 Å². The van der Waals surface area contributed by atoms with E-state index in [2.05, 4.69) is 5.32 Å². The Bertz CT molecular complexity index is 1030. The first-order valence-electron chi connectivity index (χ1n) is 11.0. The molecule has 1 aliphatic rings. The van der Waals surface area contributed by atoms with Gasteiger partial charge in [-0.15, -0.1) is 0 Å². The molecule has 0 bridgehead atoms. The fourth-order valence-corrected chi connectivity index (χ4v) is 3.75. The molecular weight excluding hydrogens is 418 g/mol. The number of anilines is 1. The predicted molar refractivity (Wildman–Crippen MR) is 127 cm³/mol. The Morgan fingerprint density at radius 2 is 1.67 bits per heavy atom. The Kier molecular flexibility index (Phi) is 7.62. The second-order valence-corrected chi connectivity index (χ2v) is 7.93. The topological polar surface area (TPSA) is 80.2 Å². The van der Waals surface area contributed by atoms with Gasteiger partial charge in [0.15, 0.2) is 6.23 Å². The van der Waals surface area contributed by atoms with Crippen LogP contribution < -0.4 is 10.1 Å². The van der Waals surface area contributed by atoms with Crippen molar-refractivity contribution >= 4 is 5.69 Å². The number of methoxy groups -OCH3 is 1. The van der Waals surface area contributed by atoms with Gasteiger partial charge >= 0.3 is 0 Å². The van der Waals surface area contributed by atoms with E-state index in [-0.39, 0.29) is 12.5 Å². The van der Waals surface area contributed by atoms with Crippen LogP contribution in [0.1, 0.15) is 29.0 Å². The van der Waals surface area contributed by atoms with E-state index in [1.54, 1.807) is 7.11 Å². The van der Waals surface area contributed by atoms with Gasteiger partial charge in [0, 0.05) is 18.0 Å². The molecule has 0 saturated carbocycles. The number of rotatable bonds is 9. The molecule has 3 N–H and O–H groups in total. The number of ether oxygens (including phenoxy) is 3. The molecule has 0 radical (unpaired) electrons. The second kappa shape index (κ2) is 11.0. The molecule has 1 heterocycles. The van der Waals surface area contributed by atoms with Gasteiger partial charge in [-0.2, -0.15) is 0 Å². The summed E-state index contributed by atoms with van der Waals surface area (Å²) in [4.78, 5) is 0. The molecule has 1 unspecified atom stereocenters. The van der Waals surface area contributed by atoms with Crippen molar-refractivity contribution in [3.63, 3.8) is 0 Å². The van der Waals surface area contributed by atoms with E-state index in [1.165, 1.54) is 0 Å². The molecule has 0 fully saturated rings. The van der Waals surface area contributed by atoms with Crippen molar-refractivity contribution in [3.05, 3.63) is 107 Å². The van der Waals surface area contributed by atoms with Gasteiger partial charge in [-0.3, -0.25) is 0 Å². The molecule has 33 heavy (non-hydrogen) atoms. The molecule has 0 aromatic heterocycles. The maximum Gasteiger partial charge on any atom is 0.200 e. The Hall–Kier alpha value is -3.32. The van der Waals surface area contributed by atoms with Crippen LogP contribution in [0, 0.1) is 0 Å². The zero-order valence-electron chi connectivity index (χ0n) is 18.6. The minimum absolute atomic E-state index is 0.00800. The quantitative estimate of drug-likeness (QED) is 0.418. The van der Waals surface area contributed by atoms with Crippen molar-refractivity contribution in [2.75, 3.05) is 12.4 Å². The van der Waals surface area contributed by atoms with E-state index < -0.39 is 12.5 Å². The maximum atomic E-state index is 10.8. The molecule has 4 rings (SSSR count). The van der Waals surface area contributed by atoms with Crippen LogP contribution in [0.3, 0.4) is 0 Å². The van der Waals surface area contributed by atoms with Crippen molar-refractivity contribution in [2.45, 2.75) is 38.1 Å². The average molecular weight is 448 g/mol. The van der Waals surface area contributed by atoms with Crippen LogP contribution in [-0.4, -0.2) is 29.8 Å². The van der Waals surface area contributed by atoms with Crippen molar-refractivity contribution in [3.8, 4) is 5.75 Å². The van der Waals surface area contributed by atoms with Gasteiger partial charge in [0.2, 0.25) is 6.29 Å². The third-order valence-corrected chi connectivity index (χ3v) is 5.61. The zero-order chi connectivity index (χ0) is 23.0. The monoisotopic (exact) mass is 447 g/mol. The minimum atomic E-state index is -1.01. The van der Waals surface area contributed by atoms with Gasteiger partial charge in [-0.1, -0.05) is 54.6 Å². The Labute approximate surface area is 194 Å². The first kappa shape index (κ1) is 22.9. The molecule has 0 aliphatic carbocycles. The smallest absolute Gasteiger partial charge is 0.200 e.